The number of carbonyl (C=O) groups excluding carboxylic acids is 1. The fraction of sp³-hybridized carbons (Fsp3) is 0. The van der Waals surface area contributed by atoms with Crippen molar-refractivity contribution < 1.29 is 28.8 Å². The van der Waals surface area contributed by atoms with Gasteiger partial charge in [0, 0.05) is 5.56 Å². The van der Waals surface area contributed by atoms with E-state index in [4.69, 9.17) is 0 Å². The molecular weight excluding hydrogens is 163 g/mol. The summed E-state index contributed by atoms with van der Waals surface area (Å²) in [6.45, 7) is 0. The first-order valence-electron chi connectivity index (χ1n) is 3.42. The molecule has 1 N–H and O–H groups in total. The molecule has 0 saturated heterocycles. The van der Waals surface area contributed by atoms with Crippen LogP contribution in [0.25, 0.3) is 11.0 Å². The van der Waals surface area contributed by atoms with Crippen molar-refractivity contribution in [2.75, 3.05) is 0 Å². The van der Waals surface area contributed by atoms with E-state index in [1.165, 1.54) is 12.4 Å². The molecule has 0 aliphatic carbocycles. The average Bonchev–Trinajstić information content (AvgIpc) is 2.49. The van der Waals surface area contributed by atoms with Gasteiger partial charge < -0.3 is 14.9 Å². The Kier molecular flexibility index (Phi) is 2.76. The van der Waals surface area contributed by atoms with Crippen LogP contribution in [0.15, 0.2) is 24.5 Å². The fourth-order valence-electron chi connectivity index (χ4n) is 1.13. The number of rotatable bonds is 1. The summed E-state index contributed by atoms with van der Waals surface area (Å²) in [7, 11) is 0. The number of para-hydroxylation sites is 1. The van der Waals surface area contributed by atoms with Crippen LogP contribution in [0.5, 0.6) is 0 Å². The number of fused-ring (bicyclic) bond motifs is 1. The number of aromatic nitrogens is 2. The number of hydrogen-bond acceptors (Lipinski definition) is 3. The molecule has 1 heterocycles. The minimum Gasteiger partial charge on any atom is -0.545 e. The van der Waals surface area contributed by atoms with Crippen LogP contribution in [-0.2, 0) is 0 Å². The number of carbonyl (C=O) groups is 1. The number of H-pyrrole nitrogens is 1. The summed E-state index contributed by atoms with van der Waals surface area (Å²) < 4.78 is 0. The summed E-state index contributed by atoms with van der Waals surface area (Å²) in [4.78, 5) is 17.2. The molecule has 0 radical (unpaired) electrons. The SMILES string of the molecule is O=C([O-])c1cccc2[nH]cnc12.[Li+]. The van der Waals surface area contributed by atoms with E-state index >= 15 is 0 Å². The normalized spacial score (nSPS) is 9.54. The zero-order valence-electron chi connectivity index (χ0n) is 7.07. The zero-order chi connectivity index (χ0) is 8.55. The predicted octanol–water partition coefficient (Wildman–Crippen LogP) is -3.07. The first-order valence-corrected chi connectivity index (χ1v) is 3.42. The van der Waals surface area contributed by atoms with Gasteiger partial charge in [-0.15, -0.1) is 0 Å². The molecule has 1 aromatic carbocycles. The molecule has 0 bridgehead atoms. The number of benzene rings is 1. The molecule has 5 heteroatoms. The zero-order valence-corrected chi connectivity index (χ0v) is 7.07. The van der Waals surface area contributed by atoms with Crippen LogP contribution in [0.1, 0.15) is 10.4 Å². The van der Waals surface area contributed by atoms with Gasteiger partial charge in [0.15, 0.2) is 0 Å². The van der Waals surface area contributed by atoms with Gasteiger partial charge in [0.05, 0.1) is 23.3 Å². The van der Waals surface area contributed by atoms with E-state index in [0.717, 1.165) is 0 Å². The van der Waals surface area contributed by atoms with Crippen LogP contribution in [0, 0.1) is 0 Å². The molecule has 60 valence electrons. The molecule has 0 unspecified atom stereocenters. The van der Waals surface area contributed by atoms with Crippen LogP contribution in [-0.4, -0.2) is 15.9 Å². The van der Waals surface area contributed by atoms with Crippen molar-refractivity contribution in [2.45, 2.75) is 0 Å². The molecule has 0 saturated carbocycles. The molecule has 4 nitrogen and oxygen atoms in total. The molecule has 0 spiro atoms. The molecule has 0 fully saturated rings. The van der Waals surface area contributed by atoms with Crippen LogP contribution in [0.3, 0.4) is 0 Å². The largest absolute Gasteiger partial charge is 1.00 e. The monoisotopic (exact) mass is 168 g/mol. The van der Waals surface area contributed by atoms with Crippen LogP contribution < -0.4 is 24.0 Å². The van der Waals surface area contributed by atoms with Gasteiger partial charge >= 0.3 is 18.9 Å². The van der Waals surface area contributed by atoms with Crippen molar-refractivity contribution in [3.8, 4) is 0 Å². The topological polar surface area (TPSA) is 68.8 Å². The van der Waals surface area contributed by atoms with Crippen molar-refractivity contribution in [3.63, 3.8) is 0 Å². The van der Waals surface area contributed by atoms with E-state index in [0.29, 0.717) is 11.0 Å². The number of nitrogens with zero attached hydrogens (tertiary/aromatic N) is 1. The quantitative estimate of drug-likeness (QED) is 0.459. The summed E-state index contributed by atoms with van der Waals surface area (Å²) in [6, 6.07) is 4.87. The van der Waals surface area contributed by atoms with Gasteiger partial charge in [0.1, 0.15) is 0 Å². The second-order valence-electron chi connectivity index (χ2n) is 2.39. The Bertz CT molecular complexity index is 438. The molecule has 1 aromatic heterocycles. The van der Waals surface area contributed by atoms with Gasteiger partial charge in [-0.05, 0) is 6.07 Å². The third-order valence-electron chi connectivity index (χ3n) is 1.67. The Hall–Kier alpha value is -1.24. The average molecular weight is 168 g/mol. The summed E-state index contributed by atoms with van der Waals surface area (Å²) in [5.41, 5.74) is 1.27. The second kappa shape index (κ2) is 3.65. The van der Waals surface area contributed by atoms with E-state index in [-0.39, 0.29) is 24.4 Å². The molecule has 13 heavy (non-hydrogen) atoms. The van der Waals surface area contributed by atoms with Gasteiger partial charge in [-0.1, -0.05) is 12.1 Å². The van der Waals surface area contributed by atoms with Gasteiger partial charge in [0.25, 0.3) is 0 Å². The van der Waals surface area contributed by atoms with Crippen LogP contribution in [0.4, 0.5) is 0 Å². The summed E-state index contributed by atoms with van der Waals surface area (Å²) in [5.74, 6) is -1.20. The minimum atomic E-state index is -1.20. The maximum Gasteiger partial charge on any atom is 1.00 e. The number of imidazole rings is 1. The van der Waals surface area contributed by atoms with Crippen molar-refractivity contribution in [1.82, 2.24) is 9.97 Å². The summed E-state index contributed by atoms with van der Waals surface area (Å²) in [5, 5.41) is 10.5. The predicted molar refractivity (Wildman–Crippen MR) is 40.4 cm³/mol. The Labute approximate surface area is 86.2 Å². The van der Waals surface area contributed by atoms with E-state index in [2.05, 4.69) is 9.97 Å². The number of aromatic carboxylic acids is 1. The Balaban J connectivity index is 0.000000845. The van der Waals surface area contributed by atoms with Crippen LogP contribution >= 0.6 is 0 Å². The molecule has 0 atom stereocenters. The Morgan fingerprint density at radius 3 is 2.92 bits per heavy atom. The molecule has 0 aliphatic heterocycles. The van der Waals surface area contributed by atoms with E-state index in [1.54, 1.807) is 12.1 Å². The van der Waals surface area contributed by atoms with Gasteiger partial charge in [-0.25, -0.2) is 4.98 Å². The smallest absolute Gasteiger partial charge is 0.545 e. The van der Waals surface area contributed by atoms with Gasteiger partial charge in [-0.3, -0.25) is 0 Å². The van der Waals surface area contributed by atoms with Crippen molar-refractivity contribution in [2.24, 2.45) is 0 Å². The second-order valence-corrected chi connectivity index (χ2v) is 2.39. The maximum atomic E-state index is 10.5. The first-order chi connectivity index (χ1) is 5.79. The number of aromatic amines is 1. The maximum absolute atomic E-state index is 10.5. The summed E-state index contributed by atoms with van der Waals surface area (Å²) in [6.07, 6.45) is 1.46. The van der Waals surface area contributed by atoms with Crippen molar-refractivity contribution in [3.05, 3.63) is 30.1 Å². The van der Waals surface area contributed by atoms with Crippen LogP contribution in [0.2, 0.25) is 0 Å². The number of carboxylic acid groups (broad SMARTS) is 1. The first kappa shape index (κ1) is 9.84. The number of nitrogens with one attached hydrogen (secondary N) is 1. The van der Waals surface area contributed by atoms with Crippen molar-refractivity contribution in [1.29, 1.82) is 0 Å². The van der Waals surface area contributed by atoms with Gasteiger partial charge in [0.2, 0.25) is 0 Å². The third-order valence-corrected chi connectivity index (χ3v) is 1.67. The number of hydrogen-bond donors (Lipinski definition) is 1. The molecular formula is C8H5LiN2O2. The van der Waals surface area contributed by atoms with E-state index in [1.807, 2.05) is 0 Å². The number of carboxylic acids is 1. The molecule has 2 aromatic rings. The Morgan fingerprint density at radius 1 is 1.46 bits per heavy atom. The Morgan fingerprint density at radius 2 is 2.23 bits per heavy atom. The fourth-order valence-corrected chi connectivity index (χ4v) is 1.13. The van der Waals surface area contributed by atoms with Gasteiger partial charge in [-0.2, -0.15) is 0 Å². The summed E-state index contributed by atoms with van der Waals surface area (Å²) >= 11 is 0. The van der Waals surface area contributed by atoms with E-state index in [9.17, 15) is 9.90 Å². The molecule has 0 amide bonds. The molecule has 0 aliphatic rings. The third kappa shape index (κ3) is 1.59. The minimum absolute atomic E-state index is 0. The standard InChI is InChI=1S/C8H6N2O2.Li/c11-8(12)5-2-1-3-6-7(5)10-4-9-6;/h1-4H,(H,9,10)(H,11,12);/q;+1/p-1. The van der Waals surface area contributed by atoms with E-state index < -0.39 is 5.97 Å². The van der Waals surface area contributed by atoms with Crippen molar-refractivity contribution >= 4 is 17.0 Å². The molecule has 2 rings (SSSR count).